The fourth-order valence-electron chi connectivity index (χ4n) is 4.89. The van der Waals surface area contributed by atoms with Gasteiger partial charge in [0.05, 0.1) is 27.7 Å². The van der Waals surface area contributed by atoms with Crippen LogP contribution in [0.25, 0.3) is 11.0 Å². The number of sulfonamides is 1. The number of aryl methyl sites for hydroxylation is 1. The number of benzene rings is 3. The molecule has 222 valence electrons. The van der Waals surface area contributed by atoms with Crippen LogP contribution in [0.2, 0.25) is 10.0 Å². The fraction of sp³-hybridized carbons (Fsp3) is 0.161. The van der Waals surface area contributed by atoms with Crippen LogP contribution in [-0.2, 0) is 23.1 Å². The number of carbonyl (C=O) groups is 2. The van der Waals surface area contributed by atoms with Gasteiger partial charge in [0.25, 0.3) is 15.9 Å². The number of hydrogen-bond donors (Lipinski definition) is 1. The maximum absolute atomic E-state index is 14.1. The molecule has 0 aliphatic carbocycles. The Hall–Kier alpha value is -3.83. The zero-order chi connectivity index (χ0) is 30.9. The molecule has 2 aromatic heterocycles. The van der Waals surface area contributed by atoms with Crippen LogP contribution in [-0.4, -0.2) is 36.8 Å². The van der Waals surface area contributed by atoms with Gasteiger partial charge in [-0.25, -0.2) is 13.2 Å². The second-order valence-corrected chi connectivity index (χ2v) is 13.4. The molecule has 8 nitrogen and oxygen atoms in total. The molecular formula is C31H26Cl2N2O6S2. The molecule has 0 aliphatic heterocycles. The van der Waals surface area contributed by atoms with Crippen molar-refractivity contribution in [3.05, 3.63) is 116 Å². The number of hydrogen-bond acceptors (Lipinski definition) is 6. The van der Waals surface area contributed by atoms with Gasteiger partial charge in [0.1, 0.15) is 5.58 Å². The summed E-state index contributed by atoms with van der Waals surface area (Å²) in [6, 6.07) is 19.7. The van der Waals surface area contributed by atoms with Gasteiger partial charge in [-0.3, -0.25) is 9.10 Å². The largest absolute Gasteiger partial charge is 0.475 e. The van der Waals surface area contributed by atoms with E-state index >= 15 is 0 Å². The molecule has 0 saturated heterocycles. The second kappa shape index (κ2) is 12.4. The third-order valence-corrected chi connectivity index (χ3v) is 10.3. The number of thiophene rings is 1. The van der Waals surface area contributed by atoms with Gasteiger partial charge in [0, 0.05) is 33.9 Å². The Morgan fingerprint density at radius 1 is 0.977 bits per heavy atom. The molecule has 0 fully saturated rings. The Bertz CT molecular complexity index is 1940. The Kier molecular flexibility index (Phi) is 8.84. The Labute approximate surface area is 262 Å². The maximum Gasteiger partial charge on any atom is 0.372 e. The van der Waals surface area contributed by atoms with E-state index in [2.05, 4.69) is 0 Å². The van der Waals surface area contributed by atoms with Crippen molar-refractivity contribution in [1.29, 1.82) is 0 Å². The van der Waals surface area contributed by atoms with Crippen LogP contribution < -0.4 is 4.31 Å². The number of halogens is 2. The van der Waals surface area contributed by atoms with Gasteiger partial charge in [-0.15, -0.1) is 11.3 Å². The molecule has 5 aromatic rings. The zero-order valence-corrected chi connectivity index (χ0v) is 26.2. The van der Waals surface area contributed by atoms with Crippen LogP contribution in [0.15, 0.2) is 87.5 Å². The highest BCUT2D eigenvalue weighted by Crippen LogP contribution is 2.34. The van der Waals surface area contributed by atoms with E-state index in [1.165, 1.54) is 33.8 Å². The van der Waals surface area contributed by atoms with E-state index in [1.54, 1.807) is 61.2 Å². The van der Waals surface area contributed by atoms with Gasteiger partial charge in [-0.2, -0.15) is 0 Å². The molecule has 0 radical (unpaired) electrons. The summed E-state index contributed by atoms with van der Waals surface area (Å²) in [5.74, 6) is -1.80. The molecule has 0 saturated carbocycles. The van der Waals surface area contributed by atoms with Crippen molar-refractivity contribution in [3.8, 4) is 0 Å². The number of carboxylic acids is 1. The molecule has 0 bridgehead atoms. The average Bonchev–Trinajstić information content (AvgIpc) is 3.61. The minimum absolute atomic E-state index is 0.0359. The van der Waals surface area contributed by atoms with Crippen LogP contribution >= 0.6 is 34.5 Å². The van der Waals surface area contributed by atoms with Crippen LogP contribution in [0.4, 0.5) is 5.69 Å². The summed E-state index contributed by atoms with van der Waals surface area (Å²) in [6.45, 7) is 3.67. The van der Waals surface area contributed by atoms with Gasteiger partial charge >= 0.3 is 5.97 Å². The van der Waals surface area contributed by atoms with Gasteiger partial charge in [-0.1, -0.05) is 41.4 Å². The molecule has 0 atom stereocenters. The molecule has 0 unspecified atom stereocenters. The number of carbonyl (C=O) groups excluding carboxylic acids is 1. The fourth-order valence-corrected chi connectivity index (χ4v) is 7.56. The number of nitrogens with zero attached hydrogens (tertiary/aromatic N) is 2. The highest BCUT2D eigenvalue weighted by Gasteiger charge is 2.29. The molecule has 1 N–H and O–H groups in total. The third kappa shape index (κ3) is 6.14. The molecular weight excluding hydrogens is 631 g/mol. The first-order valence-electron chi connectivity index (χ1n) is 13.1. The smallest absolute Gasteiger partial charge is 0.372 e. The minimum Gasteiger partial charge on any atom is -0.475 e. The standard InChI is InChI=1S/C31H26Cl2N2O6S2/c1-3-35(43(39,40)23-11-13-28-25(16-23)19(2)29(41-28)31(37)38)27-12-10-21(32)15-20(27)17-34(18-22-7-6-14-42-22)30(36)24-8-4-5-9-26(24)33/h4-16H,3,17-18H2,1-2H3,(H,37,38). The van der Waals surface area contributed by atoms with Crippen LogP contribution in [0.5, 0.6) is 0 Å². The molecule has 5 rings (SSSR count). The van der Waals surface area contributed by atoms with Gasteiger partial charge in [0.15, 0.2) is 0 Å². The lowest BCUT2D eigenvalue weighted by molar-refractivity contribution is 0.0663. The predicted molar refractivity (Wildman–Crippen MR) is 169 cm³/mol. The van der Waals surface area contributed by atoms with E-state index < -0.39 is 16.0 Å². The highest BCUT2D eigenvalue weighted by molar-refractivity contribution is 7.92. The Morgan fingerprint density at radius 3 is 2.42 bits per heavy atom. The van der Waals surface area contributed by atoms with E-state index in [0.717, 1.165) is 4.88 Å². The zero-order valence-electron chi connectivity index (χ0n) is 23.1. The van der Waals surface area contributed by atoms with E-state index in [1.807, 2.05) is 17.5 Å². The molecule has 12 heteroatoms. The van der Waals surface area contributed by atoms with Crippen molar-refractivity contribution >= 4 is 73.1 Å². The predicted octanol–water partition coefficient (Wildman–Crippen LogP) is 7.87. The second-order valence-electron chi connectivity index (χ2n) is 9.68. The van der Waals surface area contributed by atoms with Crippen LogP contribution in [0.1, 0.15) is 43.8 Å². The van der Waals surface area contributed by atoms with Crippen molar-refractivity contribution in [2.45, 2.75) is 31.8 Å². The molecule has 0 aliphatic rings. The summed E-state index contributed by atoms with van der Waals surface area (Å²) in [5, 5.41) is 12.4. The van der Waals surface area contributed by atoms with Crippen molar-refractivity contribution in [2.75, 3.05) is 10.8 Å². The highest BCUT2D eigenvalue weighted by atomic mass is 35.5. The summed E-state index contributed by atoms with van der Waals surface area (Å²) >= 11 is 14.3. The Morgan fingerprint density at radius 2 is 1.74 bits per heavy atom. The van der Waals surface area contributed by atoms with Crippen molar-refractivity contribution in [2.24, 2.45) is 0 Å². The SMILES string of the molecule is CCN(c1ccc(Cl)cc1CN(Cc1cccs1)C(=O)c1ccccc1Cl)S(=O)(=O)c1ccc2oc(C(=O)O)c(C)c2c1. The topological polar surface area (TPSA) is 108 Å². The summed E-state index contributed by atoms with van der Waals surface area (Å²) < 4.78 is 34.8. The molecule has 3 aromatic carbocycles. The Balaban J connectivity index is 1.57. The number of furan rings is 1. The first kappa shape index (κ1) is 30.6. The minimum atomic E-state index is -4.14. The summed E-state index contributed by atoms with van der Waals surface area (Å²) in [6.07, 6.45) is 0. The number of aromatic carboxylic acids is 1. The summed E-state index contributed by atoms with van der Waals surface area (Å²) in [5.41, 5.74) is 1.80. The normalized spacial score (nSPS) is 11.5. The molecule has 1 amide bonds. The number of fused-ring (bicyclic) bond motifs is 1. The van der Waals surface area contributed by atoms with Crippen molar-refractivity contribution < 1.29 is 27.5 Å². The third-order valence-electron chi connectivity index (χ3n) is 6.97. The number of carboxylic acid groups (broad SMARTS) is 1. The van der Waals surface area contributed by atoms with E-state index in [4.69, 9.17) is 27.6 Å². The van der Waals surface area contributed by atoms with Crippen molar-refractivity contribution in [3.63, 3.8) is 0 Å². The monoisotopic (exact) mass is 656 g/mol. The quantitative estimate of drug-likeness (QED) is 0.164. The van der Waals surface area contributed by atoms with Gasteiger partial charge in [-0.05, 0) is 79.4 Å². The van der Waals surface area contributed by atoms with Crippen LogP contribution in [0.3, 0.4) is 0 Å². The average molecular weight is 658 g/mol. The van der Waals surface area contributed by atoms with E-state index in [0.29, 0.717) is 37.8 Å². The van der Waals surface area contributed by atoms with Gasteiger partial charge in [0.2, 0.25) is 5.76 Å². The van der Waals surface area contributed by atoms with E-state index in [9.17, 15) is 23.1 Å². The maximum atomic E-state index is 14.1. The molecule has 2 heterocycles. The van der Waals surface area contributed by atoms with E-state index in [-0.39, 0.29) is 41.8 Å². The first-order chi connectivity index (χ1) is 20.5. The summed E-state index contributed by atoms with van der Waals surface area (Å²) in [7, 11) is -4.14. The number of amides is 1. The number of rotatable bonds is 10. The van der Waals surface area contributed by atoms with Gasteiger partial charge < -0.3 is 14.4 Å². The summed E-state index contributed by atoms with van der Waals surface area (Å²) in [4.78, 5) is 27.9. The lowest BCUT2D eigenvalue weighted by Crippen LogP contribution is -2.34. The number of anilines is 1. The molecule has 0 spiro atoms. The van der Waals surface area contributed by atoms with Crippen LogP contribution in [0, 0.1) is 6.92 Å². The van der Waals surface area contributed by atoms with Crippen molar-refractivity contribution in [1.82, 2.24) is 4.90 Å². The lowest BCUT2D eigenvalue weighted by atomic mass is 10.1. The lowest BCUT2D eigenvalue weighted by Gasteiger charge is -2.29. The first-order valence-corrected chi connectivity index (χ1v) is 16.2. The molecule has 43 heavy (non-hydrogen) atoms.